The molecule has 1 rings (SSSR count). The Labute approximate surface area is 127 Å². The van der Waals surface area contributed by atoms with Crippen molar-refractivity contribution in [3.05, 3.63) is 28.2 Å². The minimum absolute atomic E-state index is 0.126. The summed E-state index contributed by atoms with van der Waals surface area (Å²) in [5.74, 6) is -0.593. The fraction of sp³-hybridized carbons (Fsp3) is 0.385. The SMILES string of the molecule is COCCNC(=O)CN(C(C)=O)c1cccc(Cl)c1Cl. The highest BCUT2D eigenvalue weighted by atomic mass is 35.5. The Hall–Kier alpha value is -1.30. The normalized spacial score (nSPS) is 10.2. The molecule has 20 heavy (non-hydrogen) atoms. The van der Waals surface area contributed by atoms with Gasteiger partial charge in [-0.2, -0.15) is 0 Å². The van der Waals surface area contributed by atoms with Crippen LogP contribution < -0.4 is 10.2 Å². The van der Waals surface area contributed by atoms with E-state index in [9.17, 15) is 9.59 Å². The largest absolute Gasteiger partial charge is 0.383 e. The van der Waals surface area contributed by atoms with Gasteiger partial charge in [-0.1, -0.05) is 29.3 Å². The molecule has 0 saturated carbocycles. The minimum atomic E-state index is -0.298. The van der Waals surface area contributed by atoms with Gasteiger partial charge in [-0.05, 0) is 12.1 Å². The number of rotatable bonds is 6. The zero-order chi connectivity index (χ0) is 15.1. The van der Waals surface area contributed by atoms with Crippen molar-refractivity contribution in [2.45, 2.75) is 6.92 Å². The van der Waals surface area contributed by atoms with Gasteiger partial charge >= 0.3 is 0 Å². The van der Waals surface area contributed by atoms with Gasteiger partial charge in [0.15, 0.2) is 0 Å². The van der Waals surface area contributed by atoms with Crippen LogP contribution in [0.25, 0.3) is 0 Å². The number of methoxy groups -OCH3 is 1. The first-order valence-electron chi connectivity index (χ1n) is 5.95. The molecule has 0 fully saturated rings. The highest BCUT2D eigenvalue weighted by molar-refractivity contribution is 6.44. The van der Waals surface area contributed by atoms with Crippen molar-refractivity contribution in [3.63, 3.8) is 0 Å². The Morgan fingerprint density at radius 1 is 1.35 bits per heavy atom. The second-order valence-electron chi connectivity index (χ2n) is 4.02. The number of benzene rings is 1. The molecule has 1 aromatic rings. The predicted octanol–water partition coefficient (Wildman–Crippen LogP) is 2.11. The lowest BCUT2D eigenvalue weighted by molar-refractivity contribution is -0.123. The first kappa shape index (κ1) is 16.8. The molecule has 0 radical (unpaired) electrons. The summed E-state index contributed by atoms with van der Waals surface area (Å²) in [5, 5.41) is 3.21. The van der Waals surface area contributed by atoms with Crippen LogP contribution >= 0.6 is 23.2 Å². The molecular weight excluding hydrogens is 303 g/mol. The van der Waals surface area contributed by atoms with Crippen LogP contribution in [0, 0.1) is 0 Å². The van der Waals surface area contributed by atoms with Gasteiger partial charge in [-0.3, -0.25) is 9.59 Å². The molecule has 5 nitrogen and oxygen atoms in total. The first-order chi connectivity index (χ1) is 9.47. The molecule has 0 saturated heterocycles. The van der Waals surface area contributed by atoms with Gasteiger partial charge in [0, 0.05) is 20.6 Å². The molecule has 1 N–H and O–H groups in total. The van der Waals surface area contributed by atoms with E-state index in [2.05, 4.69) is 5.32 Å². The molecule has 0 unspecified atom stereocenters. The van der Waals surface area contributed by atoms with Gasteiger partial charge in [-0.15, -0.1) is 0 Å². The third kappa shape index (κ3) is 4.67. The topological polar surface area (TPSA) is 58.6 Å². The van der Waals surface area contributed by atoms with Crippen LogP contribution in [0.15, 0.2) is 18.2 Å². The lowest BCUT2D eigenvalue weighted by Gasteiger charge is -2.22. The van der Waals surface area contributed by atoms with E-state index in [0.717, 1.165) is 0 Å². The van der Waals surface area contributed by atoms with Crippen LogP contribution in [-0.2, 0) is 14.3 Å². The van der Waals surface area contributed by atoms with E-state index in [0.29, 0.717) is 23.9 Å². The molecule has 0 bridgehead atoms. The summed E-state index contributed by atoms with van der Waals surface area (Å²) in [6.07, 6.45) is 0. The van der Waals surface area contributed by atoms with Crippen LogP contribution in [0.2, 0.25) is 10.0 Å². The fourth-order valence-electron chi connectivity index (χ4n) is 1.56. The third-order valence-electron chi connectivity index (χ3n) is 2.53. The molecule has 1 aromatic carbocycles. The van der Waals surface area contributed by atoms with Crippen LogP contribution in [-0.4, -0.2) is 38.6 Å². The number of carbonyl (C=O) groups is 2. The number of ether oxygens (including phenoxy) is 1. The number of amides is 2. The van der Waals surface area contributed by atoms with Crippen molar-refractivity contribution in [1.82, 2.24) is 5.32 Å². The summed E-state index contributed by atoms with van der Waals surface area (Å²) in [6.45, 7) is 2.02. The fourth-order valence-corrected chi connectivity index (χ4v) is 1.96. The lowest BCUT2D eigenvalue weighted by Crippen LogP contribution is -2.40. The van der Waals surface area contributed by atoms with Crippen LogP contribution in [0.5, 0.6) is 0 Å². The summed E-state index contributed by atoms with van der Waals surface area (Å²) in [4.78, 5) is 24.7. The van der Waals surface area contributed by atoms with Gasteiger partial charge in [0.2, 0.25) is 11.8 Å². The average Bonchev–Trinajstić information content (AvgIpc) is 2.40. The number of nitrogens with zero attached hydrogens (tertiary/aromatic N) is 1. The molecule has 0 aromatic heterocycles. The van der Waals surface area contributed by atoms with E-state index in [1.165, 1.54) is 11.8 Å². The summed E-state index contributed by atoms with van der Waals surface area (Å²) in [5.41, 5.74) is 0.411. The minimum Gasteiger partial charge on any atom is -0.383 e. The molecule has 110 valence electrons. The van der Waals surface area contributed by atoms with E-state index in [4.69, 9.17) is 27.9 Å². The maximum absolute atomic E-state index is 11.8. The molecule has 0 aliphatic carbocycles. The quantitative estimate of drug-likeness (QED) is 0.817. The van der Waals surface area contributed by atoms with Crippen molar-refractivity contribution >= 4 is 40.7 Å². The van der Waals surface area contributed by atoms with Gasteiger partial charge in [-0.25, -0.2) is 0 Å². The lowest BCUT2D eigenvalue weighted by atomic mass is 10.2. The smallest absolute Gasteiger partial charge is 0.240 e. The summed E-state index contributed by atoms with van der Waals surface area (Å²) in [7, 11) is 1.54. The van der Waals surface area contributed by atoms with Gasteiger partial charge in [0.25, 0.3) is 0 Å². The molecule has 7 heteroatoms. The van der Waals surface area contributed by atoms with Crippen molar-refractivity contribution in [2.24, 2.45) is 0 Å². The van der Waals surface area contributed by atoms with Gasteiger partial charge in [0.1, 0.15) is 6.54 Å². The molecular formula is C13H16Cl2N2O3. The number of carbonyl (C=O) groups excluding carboxylic acids is 2. The summed E-state index contributed by atoms with van der Waals surface area (Å²) in [6, 6.07) is 4.92. The Morgan fingerprint density at radius 2 is 2.05 bits per heavy atom. The summed E-state index contributed by atoms with van der Waals surface area (Å²) < 4.78 is 4.83. The highest BCUT2D eigenvalue weighted by Gasteiger charge is 2.19. The van der Waals surface area contributed by atoms with Crippen molar-refractivity contribution in [2.75, 3.05) is 31.7 Å². The van der Waals surface area contributed by atoms with E-state index in [1.807, 2.05) is 0 Å². The molecule has 0 heterocycles. The first-order valence-corrected chi connectivity index (χ1v) is 6.70. The van der Waals surface area contributed by atoms with Crippen molar-refractivity contribution in [3.8, 4) is 0 Å². The number of halogens is 2. The Morgan fingerprint density at radius 3 is 2.65 bits per heavy atom. The number of nitrogens with one attached hydrogen (secondary N) is 1. The second-order valence-corrected chi connectivity index (χ2v) is 4.81. The maximum atomic E-state index is 11.8. The van der Waals surface area contributed by atoms with Crippen molar-refractivity contribution < 1.29 is 14.3 Å². The van der Waals surface area contributed by atoms with Crippen LogP contribution in [0.1, 0.15) is 6.92 Å². The second kappa shape index (κ2) is 8.09. The number of anilines is 1. The van der Waals surface area contributed by atoms with E-state index < -0.39 is 0 Å². The highest BCUT2D eigenvalue weighted by Crippen LogP contribution is 2.32. The van der Waals surface area contributed by atoms with E-state index in [1.54, 1.807) is 25.3 Å². The Kier molecular flexibility index (Phi) is 6.78. The monoisotopic (exact) mass is 318 g/mol. The standard InChI is InChI=1S/C13H16Cl2N2O3/c1-9(18)17(8-12(19)16-6-7-20-2)11-5-3-4-10(14)13(11)15/h3-5H,6-8H2,1-2H3,(H,16,19). The van der Waals surface area contributed by atoms with Gasteiger partial charge < -0.3 is 15.0 Å². The van der Waals surface area contributed by atoms with Crippen LogP contribution in [0.3, 0.4) is 0 Å². The Balaban J connectivity index is 2.82. The molecule has 0 aliphatic heterocycles. The van der Waals surface area contributed by atoms with Gasteiger partial charge in [0.05, 0.1) is 22.3 Å². The molecule has 0 atom stereocenters. The Bertz CT molecular complexity index is 495. The number of hydrogen-bond donors (Lipinski definition) is 1. The average molecular weight is 319 g/mol. The molecule has 0 spiro atoms. The van der Waals surface area contributed by atoms with Crippen molar-refractivity contribution in [1.29, 1.82) is 0 Å². The zero-order valence-corrected chi connectivity index (χ0v) is 12.8. The molecule has 2 amide bonds. The maximum Gasteiger partial charge on any atom is 0.240 e. The van der Waals surface area contributed by atoms with Crippen LogP contribution in [0.4, 0.5) is 5.69 Å². The third-order valence-corrected chi connectivity index (χ3v) is 3.34. The number of hydrogen-bond acceptors (Lipinski definition) is 3. The predicted molar refractivity (Wildman–Crippen MR) is 79.4 cm³/mol. The molecule has 0 aliphatic rings. The van der Waals surface area contributed by atoms with E-state index in [-0.39, 0.29) is 23.4 Å². The van der Waals surface area contributed by atoms with E-state index >= 15 is 0 Å². The summed E-state index contributed by atoms with van der Waals surface area (Å²) >= 11 is 12.0. The zero-order valence-electron chi connectivity index (χ0n) is 11.3.